The van der Waals surface area contributed by atoms with Gasteiger partial charge in [0.1, 0.15) is 0 Å². The van der Waals surface area contributed by atoms with Gasteiger partial charge in [-0.3, -0.25) is 8.99 Å². The number of aromatic nitrogens is 2. The smallest absolute Gasteiger partial charge is 0.264 e. The molecule has 0 saturated carbocycles. The molecule has 0 spiro atoms. The lowest BCUT2D eigenvalue weighted by Gasteiger charge is -2.27. The van der Waals surface area contributed by atoms with Gasteiger partial charge in [0.2, 0.25) is 0 Å². The van der Waals surface area contributed by atoms with Crippen molar-refractivity contribution in [2.24, 2.45) is 11.8 Å². The second-order valence-corrected chi connectivity index (χ2v) is 10.9. The molecule has 2 heterocycles. The van der Waals surface area contributed by atoms with E-state index in [0.717, 1.165) is 35.0 Å². The number of rotatable bonds is 7. The molecule has 170 valence electrons. The van der Waals surface area contributed by atoms with Crippen LogP contribution in [0.5, 0.6) is 0 Å². The van der Waals surface area contributed by atoms with Crippen LogP contribution in [0.2, 0.25) is 0 Å². The molecule has 2 aromatic carbocycles. The van der Waals surface area contributed by atoms with Gasteiger partial charge in [-0.2, -0.15) is 5.10 Å². The Morgan fingerprint density at radius 2 is 1.91 bits per heavy atom. The number of fused-ring (bicyclic) bond motifs is 1. The molecule has 32 heavy (non-hydrogen) atoms. The summed E-state index contributed by atoms with van der Waals surface area (Å²) in [6, 6.07) is 11.2. The van der Waals surface area contributed by atoms with Crippen molar-refractivity contribution in [3.8, 4) is 0 Å². The van der Waals surface area contributed by atoms with E-state index in [9.17, 15) is 8.42 Å². The molecule has 0 saturated heterocycles. The third-order valence-corrected chi connectivity index (χ3v) is 7.48. The molecule has 0 radical (unpaired) electrons. The molecule has 1 unspecified atom stereocenters. The first-order chi connectivity index (χ1) is 15.2. The Labute approximate surface area is 190 Å². The first-order valence-electron chi connectivity index (χ1n) is 11.1. The average molecular weight is 454 g/mol. The normalized spacial score (nSPS) is 16.5. The maximum atomic E-state index is 13.7. The number of benzene rings is 2. The van der Waals surface area contributed by atoms with Gasteiger partial charge in [0, 0.05) is 24.4 Å². The van der Waals surface area contributed by atoms with Crippen LogP contribution in [0.25, 0.3) is 10.9 Å². The van der Waals surface area contributed by atoms with Crippen LogP contribution in [0.3, 0.4) is 0 Å². The summed E-state index contributed by atoms with van der Waals surface area (Å²) in [6.45, 7) is 9.92. The maximum absolute atomic E-state index is 13.7. The zero-order valence-electron chi connectivity index (χ0n) is 19.2. The zero-order valence-corrected chi connectivity index (χ0v) is 20.0. The first kappa shape index (κ1) is 22.4. The number of allylic oxidation sites excluding steroid dienone is 1. The quantitative estimate of drug-likeness (QED) is 0.502. The van der Waals surface area contributed by atoms with E-state index in [0.29, 0.717) is 24.8 Å². The molecule has 7 heteroatoms. The highest BCUT2D eigenvalue weighted by molar-refractivity contribution is 7.92. The Morgan fingerprint density at radius 3 is 2.56 bits per heavy atom. The van der Waals surface area contributed by atoms with Crippen LogP contribution in [0.15, 0.2) is 59.8 Å². The van der Waals surface area contributed by atoms with Crippen molar-refractivity contribution in [1.82, 2.24) is 9.78 Å². The van der Waals surface area contributed by atoms with Gasteiger partial charge in [0.05, 0.1) is 35.2 Å². The van der Waals surface area contributed by atoms with Crippen molar-refractivity contribution in [3.05, 3.63) is 66.1 Å². The van der Waals surface area contributed by atoms with E-state index in [1.165, 1.54) is 4.31 Å². The SMILES string of the molecule is Cc1cc(C)cc(N(CC(C)C)S(=O)(=O)c2ccc3c(cnn3CC3C=COCC3)c2)c1. The van der Waals surface area contributed by atoms with Crippen LogP contribution in [0, 0.1) is 25.7 Å². The molecule has 6 nitrogen and oxygen atoms in total. The fourth-order valence-corrected chi connectivity index (χ4v) is 5.84. The summed E-state index contributed by atoms with van der Waals surface area (Å²) in [4.78, 5) is 0.287. The number of anilines is 1. The summed E-state index contributed by atoms with van der Waals surface area (Å²) in [7, 11) is -3.72. The fourth-order valence-electron chi connectivity index (χ4n) is 4.19. The Morgan fingerprint density at radius 1 is 1.16 bits per heavy atom. The lowest BCUT2D eigenvalue weighted by atomic mass is 10.1. The van der Waals surface area contributed by atoms with Gasteiger partial charge in [-0.05, 0) is 73.7 Å². The molecule has 0 N–H and O–H groups in total. The molecule has 0 aliphatic carbocycles. The van der Waals surface area contributed by atoms with Crippen molar-refractivity contribution in [2.45, 2.75) is 45.6 Å². The summed E-state index contributed by atoms with van der Waals surface area (Å²) in [5, 5.41) is 5.35. The van der Waals surface area contributed by atoms with Crippen LogP contribution < -0.4 is 4.31 Å². The van der Waals surface area contributed by atoms with E-state index < -0.39 is 10.0 Å². The second-order valence-electron chi connectivity index (χ2n) is 9.07. The molecule has 0 bridgehead atoms. The molecule has 1 aromatic heterocycles. The zero-order chi connectivity index (χ0) is 22.9. The Balaban J connectivity index is 1.70. The van der Waals surface area contributed by atoms with Crippen LogP contribution in [-0.4, -0.2) is 31.3 Å². The Kier molecular flexibility index (Phi) is 6.29. The highest BCUT2D eigenvalue weighted by Crippen LogP contribution is 2.29. The second kappa shape index (κ2) is 8.98. The predicted octanol–water partition coefficient (Wildman–Crippen LogP) is 5.05. The van der Waals surface area contributed by atoms with Crippen molar-refractivity contribution >= 4 is 26.6 Å². The van der Waals surface area contributed by atoms with Crippen LogP contribution in [0.1, 0.15) is 31.4 Å². The number of nitrogens with zero attached hydrogens (tertiary/aromatic N) is 3. The monoisotopic (exact) mass is 453 g/mol. The van der Waals surface area contributed by atoms with E-state index >= 15 is 0 Å². The van der Waals surface area contributed by atoms with Crippen LogP contribution in [0.4, 0.5) is 5.69 Å². The van der Waals surface area contributed by atoms with E-state index in [1.807, 2.05) is 50.6 Å². The highest BCUT2D eigenvalue weighted by Gasteiger charge is 2.27. The van der Waals surface area contributed by atoms with E-state index in [2.05, 4.69) is 17.2 Å². The number of sulfonamides is 1. The summed E-state index contributed by atoms with van der Waals surface area (Å²) >= 11 is 0. The average Bonchev–Trinajstić information content (AvgIpc) is 3.14. The number of ether oxygens (including phenoxy) is 1. The minimum absolute atomic E-state index is 0.185. The van der Waals surface area contributed by atoms with E-state index in [1.54, 1.807) is 24.6 Å². The van der Waals surface area contributed by atoms with Crippen LogP contribution >= 0.6 is 0 Å². The third kappa shape index (κ3) is 4.67. The van der Waals surface area contributed by atoms with Gasteiger partial charge in [0.15, 0.2) is 0 Å². The topological polar surface area (TPSA) is 64.4 Å². The summed E-state index contributed by atoms with van der Waals surface area (Å²) in [6.07, 6.45) is 6.51. The molecule has 1 aliphatic rings. The largest absolute Gasteiger partial charge is 0.501 e. The minimum atomic E-state index is -3.72. The van der Waals surface area contributed by atoms with Gasteiger partial charge < -0.3 is 4.74 Å². The van der Waals surface area contributed by atoms with E-state index in [-0.39, 0.29) is 10.8 Å². The van der Waals surface area contributed by atoms with Crippen molar-refractivity contribution in [1.29, 1.82) is 0 Å². The number of hydrogen-bond donors (Lipinski definition) is 0. The van der Waals surface area contributed by atoms with Gasteiger partial charge >= 0.3 is 0 Å². The molecule has 1 aliphatic heterocycles. The lowest BCUT2D eigenvalue weighted by Crippen LogP contribution is -2.34. The molecule has 0 fully saturated rings. The van der Waals surface area contributed by atoms with Crippen molar-refractivity contribution in [2.75, 3.05) is 17.5 Å². The minimum Gasteiger partial charge on any atom is -0.501 e. The highest BCUT2D eigenvalue weighted by atomic mass is 32.2. The first-order valence-corrected chi connectivity index (χ1v) is 12.5. The molecule has 3 aromatic rings. The lowest BCUT2D eigenvalue weighted by molar-refractivity contribution is 0.201. The fraction of sp³-hybridized carbons (Fsp3) is 0.400. The van der Waals surface area contributed by atoms with Crippen molar-refractivity contribution < 1.29 is 13.2 Å². The van der Waals surface area contributed by atoms with Crippen molar-refractivity contribution in [3.63, 3.8) is 0 Å². The Bertz CT molecular complexity index is 1220. The summed E-state index contributed by atoms with van der Waals surface area (Å²) in [5.41, 5.74) is 3.73. The molecule has 1 atom stereocenters. The summed E-state index contributed by atoms with van der Waals surface area (Å²) in [5.74, 6) is 0.547. The Hall–Kier alpha value is -2.80. The van der Waals surface area contributed by atoms with Gasteiger partial charge in [0.25, 0.3) is 10.0 Å². The maximum Gasteiger partial charge on any atom is 0.264 e. The molecular weight excluding hydrogens is 422 g/mol. The van der Waals surface area contributed by atoms with Gasteiger partial charge in [-0.25, -0.2) is 8.42 Å². The third-order valence-electron chi connectivity index (χ3n) is 5.69. The molecule has 4 rings (SSSR count). The predicted molar refractivity (Wildman–Crippen MR) is 128 cm³/mol. The number of hydrogen-bond acceptors (Lipinski definition) is 4. The summed E-state index contributed by atoms with van der Waals surface area (Å²) < 4.78 is 36.2. The standard InChI is InChI=1S/C25H31N3O3S/c1-18(2)16-28(23-12-19(3)11-20(4)13-23)32(29,30)24-5-6-25-22(14-24)15-26-27(25)17-21-7-9-31-10-8-21/h5-7,9,11-15,18,21H,8,10,16-17H2,1-4H3. The van der Waals surface area contributed by atoms with Crippen LogP contribution in [-0.2, 0) is 21.3 Å². The number of aryl methyl sites for hydroxylation is 2. The molecule has 0 amide bonds. The van der Waals surface area contributed by atoms with E-state index in [4.69, 9.17) is 4.74 Å². The molecular formula is C25H31N3O3S. The van der Waals surface area contributed by atoms with Gasteiger partial charge in [-0.1, -0.05) is 19.9 Å². The van der Waals surface area contributed by atoms with Gasteiger partial charge in [-0.15, -0.1) is 0 Å².